The lowest BCUT2D eigenvalue weighted by molar-refractivity contribution is 0.302. The summed E-state index contributed by atoms with van der Waals surface area (Å²) >= 11 is 0. The zero-order valence-corrected chi connectivity index (χ0v) is 16.3. The van der Waals surface area contributed by atoms with Crippen molar-refractivity contribution in [3.8, 4) is 17.2 Å². The number of ether oxygens (including phenoxy) is 3. The van der Waals surface area contributed by atoms with Crippen LogP contribution >= 0.6 is 12.4 Å². The van der Waals surface area contributed by atoms with Gasteiger partial charge in [-0.15, -0.1) is 12.4 Å². The van der Waals surface area contributed by atoms with E-state index in [0.717, 1.165) is 42.4 Å². The van der Waals surface area contributed by atoms with E-state index in [1.807, 2.05) is 18.2 Å². The molecule has 0 radical (unpaired) electrons. The average Bonchev–Trinajstić information content (AvgIpc) is 3.02. The Kier molecular flexibility index (Phi) is 7.14. The van der Waals surface area contributed by atoms with Crippen molar-refractivity contribution < 1.29 is 14.2 Å². The molecule has 6 heteroatoms. The number of halogens is 1. The lowest BCUT2D eigenvalue weighted by atomic mass is 9.95. The maximum Gasteiger partial charge on any atom is 0.130 e. The van der Waals surface area contributed by atoms with Crippen LogP contribution in [0.3, 0.4) is 0 Å². The molecule has 1 aliphatic heterocycles. The molecule has 0 aromatic heterocycles. The molecule has 0 spiro atoms. The van der Waals surface area contributed by atoms with Gasteiger partial charge in [-0.2, -0.15) is 0 Å². The van der Waals surface area contributed by atoms with Gasteiger partial charge in [0.1, 0.15) is 17.2 Å². The predicted molar refractivity (Wildman–Crippen MR) is 106 cm³/mol. The molecular weight excluding hydrogens is 352 g/mol. The maximum absolute atomic E-state index is 6.42. The van der Waals surface area contributed by atoms with Gasteiger partial charge in [-0.25, -0.2) is 0 Å². The molecule has 2 aromatic rings. The molecule has 0 saturated carbocycles. The average molecular weight is 379 g/mol. The number of rotatable bonds is 6. The van der Waals surface area contributed by atoms with Crippen LogP contribution in [0.2, 0.25) is 0 Å². The highest BCUT2D eigenvalue weighted by atomic mass is 35.5. The van der Waals surface area contributed by atoms with Gasteiger partial charge < -0.3 is 19.9 Å². The van der Waals surface area contributed by atoms with Gasteiger partial charge in [-0.3, -0.25) is 4.90 Å². The van der Waals surface area contributed by atoms with E-state index in [-0.39, 0.29) is 18.4 Å². The minimum absolute atomic E-state index is 0. The van der Waals surface area contributed by atoms with Crippen LogP contribution in [-0.2, 0) is 6.54 Å². The minimum atomic E-state index is 0. The smallest absolute Gasteiger partial charge is 0.130 e. The molecule has 0 unspecified atom stereocenters. The van der Waals surface area contributed by atoms with Gasteiger partial charge in [0, 0.05) is 43.7 Å². The number of nitrogens with zero attached hydrogens (tertiary/aromatic N) is 1. The van der Waals surface area contributed by atoms with E-state index >= 15 is 0 Å². The Bertz CT molecular complexity index is 686. The molecule has 1 heterocycles. The topological polar surface area (TPSA) is 57.0 Å². The van der Waals surface area contributed by atoms with Crippen molar-refractivity contribution in [2.75, 3.05) is 34.4 Å². The molecule has 2 atom stereocenters. The van der Waals surface area contributed by atoms with Gasteiger partial charge >= 0.3 is 0 Å². The molecule has 26 heavy (non-hydrogen) atoms. The molecule has 2 aromatic carbocycles. The number of hydrogen-bond acceptors (Lipinski definition) is 5. The van der Waals surface area contributed by atoms with E-state index in [1.54, 1.807) is 21.3 Å². The number of methoxy groups -OCH3 is 3. The Morgan fingerprint density at radius 1 is 0.962 bits per heavy atom. The van der Waals surface area contributed by atoms with Crippen LogP contribution in [0.15, 0.2) is 42.5 Å². The van der Waals surface area contributed by atoms with Crippen LogP contribution in [0.5, 0.6) is 17.2 Å². The van der Waals surface area contributed by atoms with Gasteiger partial charge in [0.15, 0.2) is 0 Å². The summed E-state index contributed by atoms with van der Waals surface area (Å²) in [6, 6.07) is 14.4. The van der Waals surface area contributed by atoms with Crippen molar-refractivity contribution in [2.24, 2.45) is 5.73 Å². The molecule has 142 valence electrons. The van der Waals surface area contributed by atoms with Crippen LogP contribution in [-0.4, -0.2) is 45.4 Å². The molecule has 2 N–H and O–H groups in total. The largest absolute Gasteiger partial charge is 0.496 e. The van der Waals surface area contributed by atoms with E-state index in [9.17, 15) is 0 Å². The first-order valence-corrected chi connectivity index (χ1v) is 8.48. The fourth-order valence-electron chi connectivity index (χ4n) is 3.55. The summed E-state index contributed by atoms with van der Waals surface area (Å²) in [5.41, 5.74) is 8.74. The van der Waals surface area contributed by atoms with Gasteiger partial charge in [0.2, 0.25) is 0 Å². The van der Waals surface area contributed by atoms with Gasteiger partial charge in [0.05, 0.1) is 26.9 Å². The SMILES string of the molecule is COc1cc(OC)c(CN2C[C@@H](N)[C@H](c3ccccc3)C2)c(OC)c1.Cl. The van der Waals surface area contributed by atoms with Crippen molar-refractivity contribution in [3.05, 3.63) is 53.6 Å². The monoisotopic (exact) mass is 378 g/mol. The molecule has 1 saturated heterocycles. The van der Waals surface area contributed by atoms with E-state index in [1.165, 1.54) is 5.56 Å². The third-order valence-corrected chi connectivity index (χ3v) is 4.87. The molecule has 3 rings (SSSR count). The summed E-state index contributed by atoms with van der Waals surface area (Å²) in [6.07, 6.45) is 0. The summed E-state index contributed by atoms with van der Waals surface area (Å²) in [5, 5.41) is 0. The highest BCUT2D eigenvalue weighted by molar-refractivity contribution is 5.85. The third-order valence-electron chi connectivity index (χ3n) is 4.87. The minimum Gasteiger partial charge on any atom is -0.496 e. The van der Waals surface area contributed by atoms with E-state index < -0.39 is 0 Å². The molecule has 1 fully saturated rings. The van der Waals surface area contributed by atoms with Gasteiger partial charge in [-0.1, -0.05) is 30.3 Å². The van der Waals surface area contributed by atoms with Gasteiger partial charge in [-0.05, 0) is 5.56 Å². The predicted octanol–water partition coefficient (Wildman–Crippen LogP) is 3.06. The molecule has 0 amide bonds. The van der Waals surface area contributed by atoms with Crippen molar-refractivity contribution in [2.45, 2.75) is 18.5 Å². The standard InChI is InChI=1S/C20H26N2O3.ClH/c1-23-15-9-19(24-2)17(20(10-15)25-3)12-22-11-16(18(21)13-22)14-7-5-4-6-8-14;/h4-10,16,18H,11-13,21H2,1-3H3;1H/t16-,18+;/m0./s1. The molecule has 0 bridgehead atoms. The summed E-state index contributed by atoms with van der Waals surface area (Å²) in [7, 11) is 4.97. The zero-order valence-electron chi connectivity index (χ0n) is 15.5. The lowest BCUT2D eigenvalue weighted by Crippen LogP contribution is -2.28. The van der Waals surface area contributed by atoms with Crippen molar-refractivity contribution in [1.29, 1.82) is 0 Å². The molecule has 1 aliphatic rings. The number of likely N-dealkylation sites (tertiary alicyclic amines) is 1. The van der Waals surface area contributed by atoms with Crippen molar-refractivity contribution in [3.63, 3.8) is 0 Å². The van der Waals surface area contributed by atoms with Crippen molar-refractivity contribution >= 4 is 12.4 Å². The third kappa shape index (κ3) is 4.23. The Labute approximate surface area is 161 Å². The van der Waals surface area contributed by atoms with Gasteiger partial charge in [0.25, 0.3) is 0 Å². The maximum atomic E-state index is 6.42. The molecule has 0 aliphatic carbocycles. The van der Waals surface area contributed by atoms with E-state index in [0.29, 0.717) is 5.92 Å². The Balaban J connectivity index is 0.00000243. The first-order valence-electron chi connectivity index (χ1n) is 8.48. The van der Waals surface area contributed by atoms with Crippen LogP contribution < -0.4 is 19.9 Å². The fraction of sp³-hybridized carbons (Fsp3) is 0.400. The second-order valence-corrected chi connectivity index (χ2v) is 6.39. The van der Waals surface area contributed by atoms with Crippen LogP contribution in [0.25, 0.3) is 0 Å². The normalized spacial score (nSPS) is 19.7. The summed E-state index contributed by atoms with van der Waals surface area (Å²) in [5.74, 6) is 2.61. The number of benzene rings is 2. The molecule has 5 nitrogen and oxygen atoms in total. The first kappa shape index (κ1) is 20.4. The Morgan fingerprint density at radius 2 is 1.58 bits per heavy atom. The van der Waals surface area contributed by atoms with Crippen LogP contribution in [0, 0.1) is 0 Å². The second kappa shape index (κ2) is 9.12. The summed E-state index contributed by atoms with van der Waals surface area (Å²) in [6.45, 7) is 2.49. The quantitative estimate of drug-likeness (QED) is 0.837. The van der Waals surface area contributed by atoms with Crippen LogP contribution in [0.4, 0.5) is 0 Å². The van der Waals surface area contributed by atoms with E-state index in [2.05, 4.69) is 29.2 Å². The summed E-state index contributed by atoms with van der Waals surface area (Å²) < 4.78 is 16.4. The van der Waals surface area contributed by atoms with Crippen molar-refractivity contribution in [1.82, 2.24) is 4.90 Å². The lowest BCUT2D eigenvalue weighted by Gasteiger charge is -2.20. The van der Waals surface area contributed by atoms with E-state index in [4.69, 9.17) is 19.9 Å². The highest BCUT2D eigenvalue weighted by Gasteiger charge is 2.32. The Hall–Kier alpha value is -1.95. The van der Waals surface area contributed by atoms with Crippen LogP contribution in [0.1, 0.15) is 17.0 Å². The second-order valence-electron chi connectivity index (χ2n) is 6.39. The highest BCUT2D eigenvalue weighted by Crippen LogP contribution is 2.36. The number of hydrogen-bond donors (Lipinski definition) is 1. The Morgan fingerprint density at radius 3 is 2.12 bits per heavy atom. The number of nitrogens with two attached hydrogens (primary N) is 1. The zero-order chi connectivity index (χ0) is 17.8. The summed E-state index contributed by atoms with van der Waals surface area (Å²) in [4.78, 5) is 2.36. The first-order chi connectivity index (χ1) is 12.2. The fourth-order valence-corrected chi connectivity index (χ4v) is 3.55. The molecular formula is C20H27ClN2O3.